The van der Waals surface area contributed by atoms with E-state index in [4.69, 9.17) is 0 Å². The van der Waals surface area contributed by atoms with Crippen LogP contribution in [-0.4, -0.2) is 36.6 Å². The van der Waals surface area contributed by atoms with Crippen LogP contribution >= 0.6 is 15.9 Å². The fraction of sp³-hybridized carbons (Fsp3) is 0.438. The molecular formula is C16H22BrN3O. The lowest BCUT2D eigenvalue weighted by atomic mass is 10.0. The lowest BCUT2D eigenvalue weighted by Crippen LogP contribution is -2.50. The predicted molar refractivity (Wildman–Crippen MR) is 89.3 cm³/mol. The fourth-order valence-electron chi connectivity index (χ4n) is 2.57. The Bertz CT molecular complexity index is 478. The monoisotopic (exact) mass is 351 g/mol. The van der Waals surface area contributed by atoms with Crippen molar-refractivity contribution < 1.29 is 4.79 Å². The van der Waals surface area contributed by atoms with Crippen molar-refractivity contribution in [2.75, 3.05) is 19.6 Å². The van der Waals surface area contributed by atoms with Gasteiger partial charge in [0.1, 0.15) is 0 Å². The minimum absolute atomic E-state index is 0.123. The average Bonchev–Trinajstić information content (AvgIpc) is 2.46. The number of nitrogens with one attached hydrogen (secondary N) is 2. The largest absolute Gasteiger partial charge is 0.334 e. The first-order valence-corrected chi connectivity index (χ1v) is 8.06. The first kappa shape index (κ1) is 16.0. The summed E-state index contributed by atoms with van der Waals surface area (Å²) in [6.45, 7) is 7.08. The summed E-state index contributed by atoms with van der Waals surface area (Å²) < 4.78 is 0.770. The SMILES string of the molecule is C=C(Br)CNC(=O)NC1CCCN(Cc2ccccc2)C1. The van der Waals surface area contributed by atoms with Crippen LogP contribution in [0.4, 0.5) is 4.79 Å². The maximum Gasteiger partial charge on any atom is 0.315 e. The van der Waals surface area contributed by atoms with Gasteiger partial charge in [-0.3, -0.25) is 4.90 Å². The Morgan fingerprint density at radius 3 is 2.86 bits per heavy atom. The number of rotatable bonds is 5. The number of carbonyl (C=O) groups is 1. The molecule has 1 fully saturated rings. The van der Waals surface area contributed by atoms with Gasteiger partial charge in [0.15, 0.2) is 0 Å². The molecule has 114 valence electrons. The zero-order valence-corrected chi connectivity index (χ0v) is 13.7. The van der Waals surface area contributed by atoms with E-state index in [-0.39, 0.29) is 12.1 Å². The minimum Gasteiger partial charge on any atom is -0.334 e. The molecule has 2 N–H and O–H groups in total. The van der Waals surface area contributed by atoms with Crippen molar-refractivity contribution in [1.29, 1.82) is 0 Å². The highest BCUT2D eigenvalue weighted by molar-refractivity contribution is 9.11. The van der Waals surface area contributed by atoms with E-state index in [1.54, 1.807) is 0 Å². The molecule has 1 aromatic carbocycles. The van der Waals surface area contributed by atoms with Crippen LogP contribution < -0.4 is 10.6 Å². The second-order valence-corrected chi connectivity index (χ2v) is 6.53. The van der Waals surface area contributed by atoms with Gasteiger partial charge in [0.05, 0.1) is 6.54 Å². The third kappa shape index (κ3) is 5.89. The molecule has 0 bridgehead atoms. The number of amides is 2. The molecule has 0 saturated carbocycles. The Kier molecular flexibility index (Phi) is 6.26. The van der Waals surface area contributed by atoms with Gasteiger partial charge in [0.2, 0.25) is 0 Å². The van der Waals surface area contributed by atoms with Crippen LogP contribution in [0.5, 0.6) is 0 Å². The summed E-state index contributed by atoms with van der Waals surface area (Å²) in [5.74, 6) is 0. The topological polar surface area (TPSA) is 44.4 Å². The van der Waals surface area contributed by atoms with Crippen LogP contribution in [0.3, 0.4) is 0 Å². The van der Waals surface area contributed by atoms with Crippen molar-refractivity contribution in [3.8, 4) is 0 Å². The van der Waals surface area contributed by atoms with Crippen molar-refractivity contribution in [1.82, 2.24) is 15.5 Å². The Balaban J connectivity index is 1.78. The predicted octanol–water partition coefficient (Wildman–Crippen LogP) is 2.86. The minimum atomic E-state index is -0.123. The second kappa shape index (κ2) is 8.20. The molecule has 1 heterocycles. The van der Waals surface area contributed by atoms with Gasteiger partial charge in [-0.25, -0.2) is 4.79 Å². The Morgan fingerprint density at radius 2 is 2.14 bits per heavy atom. The van der Waals surface area contributed by atoms with E-state index in [0.717, 1.165) is 37.0 Å². The molecule has 4 nitrogen and oxygen atoms in total. The van der Waals surface area contributed by atoms with Crippen LogP contribution in [0, 0.1) is 0 Å². The Labute approximate surface area is 134 Å². The normalized spacial score (nSPS) is 19.0. The van der Waals surface area contributed by atoms with Crippen molar-refractivity contribution in [3.05, 3.63) is 47.0 Å². The zero-order chi connectivity index (χ0) is 15.1. The summed E-state index contributed by atoms with van der Waals surface area (Å²) in [4.78, 5) is 14.2. The molecule has 21 heavy (non-hydrogen) atoms. The summed E-state index contributed by atoms with van der Waals surface area (Å²) in [7, 11) is 0. The van der Waals surface area contributed by atoms with Crippen LogP contribution in [0.2, 0.25) is 0 Å². The molecule has 0 spiro atoms. The van der Waals surface area contributed by atoms with Gasteiger partial charge < -0.3 is 10.6 Å². The maximum atomic E-state index is 11.8. The number of benzene rings is 1. The van der Waals surface area contributed by atoms with E-state index in [0.29, 0.717) is 6.54 Å². The van der Waals surface area contributed by atoms with Crippen molar-refractivity contribution in [2.45, 2.75) is 25.4 Å². The lowest BCUT2D eigenvalue weighted by Gasteiger charge is -2.33. The molecule has 1 unspecified atom stereocenters. The number of piperidine rings is 1. The molecule has 1 aliphatic heterocycles. The van der Waals surface area contributed by atoms with E-state index in [9.17, 15) is 4.79 Å². The van der Waals surface area contributed by atoms with E-state index in [1.807, 2.05) is 6.07 Å². The maximum absolute atomic E-state index is 11.8. The molecule has 1 saturated heterocycles. The molecule has 1 atom stereocenters. The lowest BCUT2D eigenvalue weighted by molar-refractivity contribution is 0.180. The summed E-state index contributed by atoms with van der Waals surface area (Å²) in [5, 5.41) is 5.82. The standard InChI is InChI=1S/C16H22BrN3O/c1-13(17)10-18-16(21)19-15-8-5-9-20(12-15)11-14-6-3-2-4-7-14/h2-4,6-7,15H,1,5,8-12H2,(H2,18,19,21). The zero-order valence-electron chi connectivity index (χ0n) is 12.1. The molecule has 5 heteroatoms. The van der Waals surface area contributed by atoms with Crippen molar-refractivity contribution in [2.24, 2.45) is 0 Å². The summed E-state index contributed by atoms with van der Waals surface area (Å²) in [5.41, 5.74) is 1.32. The number of hydrogen-bond acceptors (Lipinski definition) is 2. The van der Waals surface area contributed by atoms with Crippen LogP contribution in [-0.2, 0) is 6.54 Å². The Hall–Kier alpha value is -1.33. The number of urea groups is 1. The Morgan fingerprint density at radius 1 is 1.38 bits per heavy atom. The highest BCUT2D eigenvalue weighted by Gasteiger charge is 2.21. The van der Waals surface area contributed by atoms with Gasteiger partial charge in [-0.05, 0) is 24.9 Å². The van der Waals surface area contributed by atoms with E-state index in [2.05, 4.69) is 62.3 Å². The van der Waals surface area contributed by atoms with Gasteiger partial charge in [-0.15, -0.1) is 0 Å². The van der Waals surface area contributed by atoms with Crippen LogP contribution in [0.1, 0.15) is 18.4 Å². The van der Waals surface area contributed by atoms with Gasteiger partial charge >= 0.3 is 6.03 Å². The summed E-state index contributed by atoms with van der Waals surface area (Å²) in [6, 6.07) is 10.5. The number of hydrogen-bond donors (Lipinski definition) is 2. The number of carbonyl (C=O) groups excluding carboxylic acids is 1. The first-order chi connectivity index (χ1) is 10.1. The quantitative estimate of drug-likeness (QED) is 0.856. The fourth-order valence-corrected chi connectivity index (χ4v) is 2.71. The molecule has 0 aromatic heterocycles. The molecule has 1 aromatic rings. The molecule has 2 rings (SSSR count). The van der Waals surface area contributed by atoms with Crippen molar-refractivity contribution >= 4 is 22.0 Å². The third-order valence-electron chi connectivity index (χ3n) is 3.53. The van der Waals surface area contributed by atoms with Crippen LogP contribution in [0.15, 0.2) is 41.4 Å². The number of halogens is 1. The van der Waals surface area contributed by atoms with Crippen LogP contribution in [0.25, 0.3) is 0 Å². The highest BCUT2D eigenvalue weighted by atomic mass is 79.9. The average molecular weight is 352 g/mol. The molecular weight excluding hydrogens is 330 g/mol. The van der Waals surface area contributed by atoms with E-state index in [1.165, 1.54) is 5.56 Å². The van der Waals surface area contributed by atoms with E-state index < -0.39 is 0 Å². The van der Waals surface area contributed by atoms with Gasteiger partial charge in [-0.2, -0.15) is 0 Å². The third-order valence-corrected chi connectivity index (χ3v) is 3.81. The first-order valence-electron chi connectivity index (χ1n) is 7.27. The summed E-state index contributed by atoms with van der Waals surface area (Å²) in [6.07, 6.45) is 2.15. The molecule has 1 aliphatic rings. The highest BCUT2D eigenvalue weighted by Crippen LogP contribution is 2.13. The van der Waals surface area contributed by atoms with Gasteiger partial charge in [-0.1, -0.05) is 52.8 Å². The smallest absolute Gasteiger partial charge is 0.315 e. The molecule has 0 radical (unpaired) electrons. The van der Waals surface area contributed by atoms with E-state index >= 15 is 0 Å². The second-order valence-electron chi connectivity index (χ2n) is 5.40. The summed E-state index contributed by atoms with van der Waals surface area (Å²) >= 11 is 3.23. The van der Waals surface area contributed by atoms with Gasteiger partial charge in [0.25, 0.3) is 0 Å². The molecule has 2 amide bonds. The van der Waals surface area contributed by atoms with Crippen molar-refractivity contribution in [3.63, 3.8) is 0 Å². The number of nitrogens with zero attached hydrogens (tertiary/aromatic N) is 1. The molecule has 0 aliphatic carbocycles. The van der Waals surface area contributed by atoms with Gasteiger partial charge in [0, 0.05) is 23.6 Å². The number of likely N-dealkylation sites (tertiary alicyclic amines) is 1.